The largest absolute Gasteiger partial charge is 0.333 e. The summed E-state index contributed by atoms with van der Waals surface area (Å²) in [5.74, 6) is 0.458. The van der Waals surface area contributed by atoms with Gasteiger partial charge in [0.1, 0.15) is 0 Å². The molecule has 0 aromatic carbocycles. The van der Waals surface area contributed by atoms with Gasteiger partial charge in [-0.15, -0.1) is 0 Å². The van der Waals surface area contributed by atoms with Crippen LogP contribution in [0.3, 0.4) is 0 Å². The number of aromatic nitrogens is 5. The van der Waals surface area contributed by atoms with Crippen LogP contribution < -0.4 is 11.2 Å². The van der Waals surface area contributed by atoms with E-state index in [0.29, 0.717) is 23.0 Å². The fourth-order valence-corrected chi connectivity index (χ4v) is 4.31. The maximum absolute atomic E-state index is 13.1. The van der Waals surface area contributed by atoms with Crippen LogP contribution in [0.15, 0.2) is 15.8 Å². The lowest BCUT2D eigenvalue weighted by molar-refractivity contribution is -0.119. The average Bonchev–Trinajstić information content (AvgIpc) is 3.15. The topological polar surface area (TPSA) is 83.3 Å². The van der Waals surface area contributed by atoms with Crippen LogP contribution in [-0.4, -0.2) is 28.9 Å². The van der Waals surface area contributed by atoms with Crippen LogP contribution in [0.1, 0.15) is 63.7 Å². The monoisotopic (exact) mass is 371 g/mol. The predicted octanol–water partition coefficient (Wildman–Crippen LogP) is 2.11. The number of Topliss-reactive ketones (excluding diaryl/α,β-unsaturated/α-hetero) is 1. The summed E-state index contributed by atoms with van der Waals surface area (Å²) in [5, 5.41) is 0. The quantitative estimate of drug-likeness (QED) is 0.706. The minimum atomic E-state index is -0.812. The number of aryl methyl sites for hydroxylation is 2. The third kappa shape index (κ3) is 2.49. The summed E-state index contributed by atoms with van der Waals surface area (Å²) in [6.07, 6.45) is 7.74. The second-order valence-electron chi connectivity index (χ2n) is 7.69. The minimum absolute atomic E-state index is 0.231. The van der Waals surface area contributed by atoms with Crippen LogP contribution in [0, 0.1) is 6.92 Å². The minimum Gasteiger partial charge on any atom is -0.311 e. The van der Waals surface area contributed by atoms with Crippen molar-refractivity contribution in [2.45, 2.75) is 65.0 Å². The number of imidazole rings is 2. The zero-order valence-electron chi connectivity index (χ0n) is 16.2. The van der Waals surface area contributed by atoms with E-state index in [0.717, 1.165) is 23.1 Å². The first-order valence-electron chi connectivity index (χ1n) is 9.54. The van der Waals surface area contributed by atoms with E-state index in [1.807, 2.05) is 13.1 Å². The maximum atomic E-state index is 13.1. The van der Waals surface area contributed by atoms with Crippen molar-refractivity contribution in [1.82, 2.24) is 23.1 Å². The Kier molecular flexibility index (Phi) is 4.09. The van der Waals surface area contributed by atoms with Crippen molar-refractivity contribution in [3.8, 4) is 0 Å². The molecule has 0 spiro atoms. The van der Waals surface area contributed by atoms with Crippen molar-refractivity contribution in [2.24, 2.45) is 7.05 Å². The zero-order valence-corrected chi connectivity index (χ0v) is 16.2. The molecule has 1 atom stereocenters. The van der Waals surface area contributed by atoms with Gasteiger partial charge in [-0.25, -0.2) is 9.36 Å². The zero-order chi connectivity index (χ0) is 19.5. The summed E-state index contributed by atoms with van der Waals surface area (Å²) in [5.41, 5.74) is 0.765. The summed E-state index contributed by atoms with van der Waals surface area (Å²) in [6.45, 7) is 4.98. The molecule has 0 N–H and O–H groups in total. The van der Waals surface area contributed by atoms with Crippen molar-refractivity contribution >= 4 is 22.7 Å². The highest BCUT2D eigenvalue weighted by atomic mass is 16.2. The van der Waals surface area contributed by atoms with E-state index in [4.69, 9.17) is 0 Å². The molecule has 0 radical (unpaired) electrons. The van der Waals surface area contributed by atoms with Gasteiger partial charge in [0.2, 0.25) is 5.78 Å². The Balaban J connectivity index is 2.06. The maximum Gasteiger partial charge on any atom is 0.333 e. The van der Waals surface area contributed by atoms with Gasteiger partial charge in [-0.2, -0.15) is 4.98 Å². The summed E-state index contributed by atoms with van der Waals surface area (Å²) >= 11 is 0. The molecule has 8 heteroatoms. The van der Waals surface area contributed by atoms with Crippen LogP contribution in [0.25, 0.3) is 16.9 Å². The van der Waals surface area contributed by atoms with E-state index in [-0.39, 0.29) is 5.78 Å². The van der Waals surface area contributed by atoms with Gasteiger partial charge in [0, 0.05) is 25.0 Å². The summed E-state index contributed by atoms with van der Waals surface area (Å²) in [6, 6.07) is -0.448. The molecule has 1 fully saturated rings. The normalized spacial score (nSPS) is 17.0. The lowest BCUT2D eigenvalue weighted by atomic mass is 9.95. The van der Waals surface area contributed by atoms with E-state index >= 15 is 0 Å². The smallest absolute Gasteiger partial charge is 0.311 e. The Morgan fingerprint density at radius 3 is 2.52 bits per heavy atom. The average molecular weight is 371 g/mol. The molecule has 1 saturated carbocycles. The van der Waals surface area contributed by atoms with Crippen LogP contribution in [0.2, 0.25) is 0 Å². The highest BCUT2D eigenvalue weighted by Gasteiger charge is 2.26. The molecular weight excluding hydrogens is 346 g/mol. The molecule has 4 rings (SSSR count). The molecule has 1 aliphatic rings. The highest BCUT2D eigenvalue weighted by molar-refractivity contribution is 5.80. The fourth-order valence-electron chi connectivity index (χ4n) is 4.31. The summed E-state index contributed by atoms with van der Waals surface area (Å²) in [7, 11) is 1.59. The number of fused-ring (bicyclic) bond motifs is 3. The molecule has 1 aliphatic carbocycles. The molecule has 8 nitrogen and oxygen atoms in total. The van der Waals surface area contributed by atoms with E-state index in [9.17, 15) is 14.4 Å². The molecule has 0 amide bonds. The number of carbonyl (C=O) groups excluding carboxylic acids is 1. The Morgan fingerprint density at radius 1 is 1.22 bits per heavy atom. The van der Waals surface area contributed by atoms with Crippen molar-refractivity contribution in [2.75, 3.05) is 0 Å². The molecule has 144 valence electrons. The number of nitrogens with zero attached hydrogens (tertiary/aromatic N) is 5. The molecular formula is C19H25N5O3. The first-order chi connectivity index (χ1) is 12.8. The van der Waals surface area contributed by atoms with Gasteiger partial charge < -0.3 is 4.57 Å². The number of hydrogen-bond donors (Lipinski definition) is 0. The second-order valence-corrected chi connectivity index (χ2v) is 7.69. The standard InChI is InChI=1S/C19H25N5O3/c1-11-10-22-15-16(20-18(22)23(11)14-8-6-5-7-9-14)21(4)19(27)24(17(15)26)12(2)13(3)25/h10,12,14H,5-9H2,1-4H3/t12-/m0/s1. The fraction of sp³-hybridized carbons (Fsp3) is 0.579. The van der Waals surface area contributed by atoms with Gasteiger partial charge in [-0.3, -0.25) is 18.6 Å². The predicted molar refractivity (Wildman–Crippen MR) is 102 cm³/mol. The summed E-state index contributed by atoms with van der Waals surface area (Å²) in [4.78, 5) is 42.4. The molecule has 27 heavy (non-hydrogen) atoms. The van der Waals surface area contributed by atoms with Crippen molar-refractivity contribution in [3.63, 3.8) is 0 Å². The van der Waals surface area contributed by atoms with Crippen molar-refractivity contribution in [1.29, 1.82) is 0 Å². The third-order valence-corrected chi connectivity index (χ3v) is 5.93. The molecule has 0 unspecified atom stereocenters. The first-order valence-corrected chi connectivity index (χ1v) is 9.54. The van der Waals surface area contributed by atoms with E-state index in [2.05, 4.69) is 9.55 Å². The van der Waals surface area contributed by atoms with Crippen molar-refractivity contribution < 1.29 is 4.79 Å². The lowest BCUT2D eigenvalue weighted by Gasteiger charge is -2.24. The first kappa shape index (κ1) is 17.8. The SMILES string of the molecule is CC(=O)[C@H](C)n1c(=O)c2c(nc3n(C4CCCCC4)c(C)cn23)n(C)c1=O. The molecule has 3 aromatic heterocycles. The summed E-state index contributed by atoms with van der Waals surface area (Å²) < 4.78 is 6.38. The van der Waals surface area contributed by atoms with Gasteiger partial charge >= 0.3 is 5.69 Å². The Labute approximate surface area is 156 Å². The number of carbonyl (C=O) groups is 1. The van der Waals surface area contributed by atoms with Crippen LogP contribution in [0.5, 0.6) is 0 Å². The molecule has 0 aliphatic heterocycles. The molecule has 3 heterocycles. The van der Waals surface area contributed by atoms with E-state index in [1.165, 1.54) is 30.8 Å². The number of rotatable bonds is 3. The Morgan fingerprint density at radius 2 is 1.89 bits per heavy atom. The second kappa shape index (κ2) is 6.21. The Bertz CT molecular complexity index is 1170. The van der Waals surface area contributed by atoms with E-state index in [1.54, 1.807) is 18.4 Å². The lowest BCUT2D eigenvalue weighted by Crippen LogP contribution is -2.42. The van der Waals surface area contributed by atoms with Gasteiger partial charge in [0.25, 0.3) is 5.56 Å². The van der Waals surface area contributed by atoms with Crippen LogP contribution in [0.4, 0.5) is 0 Å². The Hall–Kier alpha value is -2.64. The van der Waals surface area contributed by atoms with Crippen molar-refractivity contribution in [3.05, 3.63) is 32.7 Å². The third-order valence-electron chi connectivity index (χ3n) is 5.93. The van der Waals surface area contributed by atoms with Crippen LogP contribution >= 0.6 is 0 Å². The highest BCUT2D eigenvalue weighted by Crippen LogP contribution is 2.31. The van der Waals surface area contributed by atoms with E-state index < -0.39 is 17.3 Å². The number of hydrogen-bond acceptors (Lipinski definition) is 4. The van der Waals surface area contributed by atoms with Gasteiger partial charge in [-0.05, 0) is 33.6 Å². The van der Waals surface area contributed by atoms with Gasteiger partial charge in [0.05, 0.1) is 6.04 Å². The van der Waals surface area contributed by atoms with Crippen LogP contribution in [-0.2, 0) is 11.8 Å². The molecule has 3 aromatic rings. The van der Waals surface area contributed by atoms with Gasteiger partial charge in [0.15, 0.2) is 16.9 Å². The molecule has 0 saturated heterocycles. The number of ketones is 1. The van der Waals surface area contributed by atoms with Gasteiger partial charge in [-0.1, -0.05) is 19.3 Å². The molecule has 0 bridgehead atoms.